The fourth-order valence-electron chi connectivity index (χ4n) is 2.22. The van der Waals surface area contributed by atoms with E-state index in [1.165, 1.54) is 0 Å². The number of carbonyl (C=O) groups excluding carboxylic acids is 2. The van der Waals surface area contributed by atoms with Crippen molar-refractivity contribution in [2.24, 2.45) is 0 Å². The maximum absolute atomic E-state index is 12.1. The maximum Gasteiger partial charge on any atom is 0.237 e. The third kappa shape index (κ3) is 1.95. The van der Waals surface area contributed by atoms with Gasteiger partial charge in [-0.3, -0.25) is 9.59 Å². The Balaban J connectivity index is 0.00000147. The number of allylic oxidation sites excluding steroid dienone is 2. The van der Waals surface area contributed by atoms with Crippen LogP contribution in [0.2, 0.25) is 0 Å². The van der Waals surface area contributed by atoms with Crippen LogP contribution in [-0.4, -0.2) is 17.2 Å². The molecule has 0 bridgehead atoms. The van der Waals surface area contributed by atoms with E-state index in [0.717, 1.165) is 4.48 Å². The van der Waals surface area contributed by atoms with E-state index in [1.54, 1.807) is 24.3 Å². The minimum Gasteiger partial charge on any atom is -0.481 e. The number of benzene rings is 1. The molecule has 0 spiro atoms. The molecule has 0 saturated carbocycles. The first-order chi connectivity index (χ1) is 8.92. The van der Waals surface area contributed by atoms with Crippen LogP contribution in [0, 0.1) is 0 Å². The molecule has 0 amide bonds. The van der Waals surface area contributed by atoms with E-state index in [1.807, 2.05) is 19.9 Å². The first-order valence-corrected chi connectivity index (χ1v) is 6.70. The van der Waals surface area contributed by atoms with Gasteiger partial charge in [-0.25, -0.2) is 0 Å². The smallest absolute Gasteiger partial charge is 0.237 e. The van der Waals surface area contributed by atoms with Gasteiger partial charge in [0.25, 0.3) is 0 Å². The molecule has 0 atom stereocenters. The molecular weight excluding hydrogens is 320 g/mol. The molecule has 104 valence electrons. The largest absolute Gasteiger partial charge is 0.481 e. The fraction of sp³-hybridized carbons (Fsp3) is 0.250. The van der Waals surface area contributed by atoms with Crippen LogP contribution in [0.1, 0.15) is 37.2 Å². The summed E-state index contributed by atoms with van der Waals surface area (Å²) in [7, 11) is 0. The van der Waals surface area contributed by atoms with Gasteiger partial charge < -0.3 is 4.74 Å². The van der Waals surface area contributed by atoms with Gasteiger partial charge in [0.05, 0.1) is 5.57 Å². The topological polar surface area (TPSA) is 43.4 Å². The van der Waals surface area contributed by atoms with E-state index in [9.17, 15) is 9.59 Å². The summed E-state index contributed by atoms with van der Waals surface area (Å²) in [5.74, 6) is -0.497. The van der Waals surface area contributed by atoms with Crippen LogP contribution < -0.4 is 0 Å². The molecule has 0 aromatic heterocycles. The molecule has 20 heavy (non-hydrogen) atoms. The molecule has 1 aliphatic carbocycles. The van der Waals surface area contributed by atoms with Gasteiger partial charge >= 0.3 is 0 Å². The van der Waals surface area contributed by atoms with Crippen molar-refractivity contribution < 1.29 is 14.3 Å². The molecule has 3 rings (SSSR count). The first-order valence-electron chi connectivity index (χ1n) is 5.91. The van der Waals surface area contributed by atoms with Gasteiger partial charge in [-0.15, -0.1) is 0 Å². The Morgan fingerprint density at radius 1 is 1.05 bits per heavy atom. The Kier molecular flexibility index (Phi) is 3.46. The number of fused-ring (bicyclic) bond motifs is 2. The van der Waals surface area contributed by atoms with Crippen LogP contribution in [0.4, 0.5) is 0 Å². The minimum atomic E-state index is -0.549. The highest BCUT2D eigenvalue weighted by Gasteiger charge is 2.39. The second-order valence-electron chi connectivity index (χ2n) is 5.05. The molecule has 1 aliphatic heterocycles. The molecule has 0 fully saturated rings. The van der Waals surface area contributed by atoms with Gasteiger partial charge in [0.1, 0.15) is 11.4 Å². The van der Waals surface area contributed by atoms with E-state index in [0.29, 0.717) is 22.5 Å². The van der Waals surface area contributed by atoms with Crippen LogP contribution in [0.15, 0.2) is 40.4 Å². The van der Waals surface area contributed by atoms with Crippen molar-refractivity contribution >= 4 is 33.3 Å². The second-order valence-corrected chi connectivity index (χ2v) is 5.91. The lowest BCUT2D eigenvalue weighted by atomic mass is 9.86. The van der Waals surface area contributed by atoms with Crippen molar-refractivity contribution in [3.63, 3.8) is 0 Å². The van der Waals surface area contributed by atoms with Crippen molar-refractivity contribution in [1.82, 2.24) is 0 Å². The summed E-state index contributed by atoms with van der Waals surface area (Å²) in [6, 6.07) is 7.03. The number of rotatable bonds is 0. The van der Waals surface area contributed by atoms with E-state index in [-0.39, 0.29) is 7.43 Å². The number of hydrogen-bond donors (Lipinski definition) is 0. The zero-order valence-electron chi connectivity index (χ0n) is 10.5. The highest BCUT2D eigenvalue weighted by Crippen LogP contribution is 2.42. The summed E-state index contributed by atoms with van der Waals surface area (Å²) in [6.07, 6.45) is 1.69. The first kappa shape index (κ1) is 14.7. The van der Waals surface area contributed by atoms with E-state index < -0.39 is 17.2 Å². The average Bonchev–Trinajstić information content (AvgIpc) is 2.38. The van der Waals surface area contributed by atoms with Crippen LogP contribution in [0.3, 0.4) is 0 Å². The Morgan fingerprint density at radius 2 is 1.65 bits per heavy atom. The standard InChI is InChI=1S/C15H11BrO3.CH4/c1-15(2)11(16)7-10-13(18)12(17)8-5-3-4-6-9(8)14(10)19-15;/h3-7H,1-2H3;1H4. The lowest BCUT2D eigenvalue weighted by molar-refractivity contribution is -0.111. The summed E-state index contributed by atoms with van der Waals surface area (Å²) < 4.78 is 6.68. The second kappa shape index (κ2) is 4.70. The van der Waals surface area contributed by atoms with Crippen molar-refractivity contribution in [3.8, 4) is 0 Å². The Hall–Kier alpha value is -1.68. The van der Waals surface area contributed by atoms with Gasteiger partial charge in [-0.05, 0) is 19.9 Å². The molecule has 1 aromatic carbocycles. The summed E-state index contributed by atoms with van der Waals surface area (Å²) in [5.41, 5.74) is 0.877. The van der Waals surface area contributed by atoms with Gasteiger partial charge in [0.2, 0.25) is 11.6 Å². The van der Waals surface area contributed by atoms with Crippen molar-refractivity contribution in [2.45, 2.75) is 26.9 Å². The Bertz CT molecular complexity index is 681. The predicted octanol–water partition coefficient (Wildman–Crippen LogP) is 3.89. The van der Waals surface area contributed by atoms with Gasteiger partial charge in [-0.1, -0.05) is 47.6 Å². The summed E-state index contributed by atoms with van der Waals surface area (Å²) in [6.45, 7) is 3.81. The Morgan fingerprint density at radius 3 is 2.30 bits per heavy atom. The lowest BCUT2D eigenvalue weighted by Crippen LogP contribution is -2.33. The van der Waals surface area contributed by atoms with Gasteiger partial charge in [-0.2, -0.15) is 0 Å². The van der Waals surface area contributed by atoms with Crippen LogP contribution in [0.5, 0.6) is 0 Å². The maximum atomic E-state index is 12.1. The molecule has 3 nitrogen and oxygen atoms in total. The number of halogens is 1. The Labute approximate surface area is 126 Å². The fourth-order valence-corrected chi connectivity index (χ4v) is 2.53. The zero-order chi connectivity index (χ0) is 13.8. The number of Topliss-reactive ketones (excluding diaryl/α,β-unsaturated/α-hetero) is 2. The molecule has 0 saturated heterocycles. The van der Waals surface area contributed by atoms with Crippen LogP contribution in [-0.2, 0) is 9.53 Å². The number of ketones is 2. The summed E-state index contributed by atoms with van der Waals surface area (Å²) in [5, 5.41) is 0. The van der Waals surface area contributed by atoms with Gasteiger partial charge in [0.15, 0.2) is 0 Å². The molecule has 0 N–H and O–H groups in total. The van der Waals surface area contributed by atoms with Crippen LogP contribution >= 0.6 is 15.9 Å². The molecule has 2 aliphatic rings. The normalized spacial score (nSPS) is 19.4. The highest BCUT2D eigenvalue weighted by atomic mass is 79.9. The van der Waals surface area contributed by atoms with Crippen molar-refractivity contribution in [2.75, 3.05) is 0 Å². The minimum absolute atomic E-state index is 0. The van der Waals surface area contributed by atoms with Crippen molar-refractivity contribution in [1.29, 1.82) is 0 Å². The van der Waals surface area contributed by atoms with E-state index >= 15 is 0 Å². The van der Waals surface area contributed by atoms with Gasteiger partial charge in [0, 0.05) is 15.6 Å². The lowest BCUT2D eigenvalue weighted by Gasteiger charge is -2.34. The molecule has 1 aromatic rings. The predicted molar refractivity (Wildman–Crippen MR) is 81.6 cm³/mol. The third-order valence-corrected chi connectivity index (χ3v) is 4.50. The van der Waals surface area contributed by atoms with E-state index in [4.69, 9.17) is 4.74 Å². The average molecular weight is 335 g/mol. The van der Waals surface area contributed by atoms with E-state index in [2.05, 4.69) is 15.9 Å². The summed E-state index contributed by atoms with van der Waals surface area (Å²) in [4.78, 5) is 24.2. The van der Waals surface area contributed by atoms with Crippen LogP contribution in [0.25, 0.3) is 5.76 Å². The molecule has 4 heteroatoms. The molecule has 0 unspecified atom stereocenters. The van der Waals surface area contributed by atoms with Crippen molar-refractivity contribution in [3.05, 3.63) is 51.5 Å². The summed E-state index contributed by atoms with van der Waals surface area (Å²) >= 11 is 3.40. The zero-order valence-corrected chi connectivity index (χ0v) is 12.1. The monoisotopic (exact) mass is 334 g/mol. The molecule has 1 heterocycles. The molecule has 0 radical (unpaired) electrons. The number of hydrogen-bond acceptors (Lipinski definition) is 3. The third-order valence-electron chi connectivity index (χ3n) is 3.32. The number of carbonyl (C=O) groups is 2. The highest BCUT2D eigenvalue weighted by molar-refractivity contribution is 9.11. The number of ether oxygens (including phenoxy) is 1. The SMILES string of the molecule is C.CC1(C)OC2=C(C=C1Br)C(=O)C(=O)c1ccccc12. The quantitative estimate of drug-likeness (QED) is 0.676. The molecular formula is C16H15BrO3.